The Morgan fingerprint density at radius 3 is 2.56 bits per heavy atom. The van der Waals surface area contributed by atoms with E-state index >= 15 is 0 Å². The van der Waals surface area contributed by atoms with Crippen LogP contribution in [-0.2, 0) is 11.0 Å². The van der Waals surface area contributed by atoms with E-state index in [1.165, 1.54) is 6.07 Å². The van der Waals surface area contributed by atoms with Gasteiger partial charge in [0.05, 0.1) is 16.6 Å². The maximum atomic E-state index is 13.2. The average molecular weight is 495 g/mol. The average Bonchev–Trinajstić information content (AvgIpc) is 2.91. The summed E-state index contributed by atoms with van der Waals surface area (Å²) in [6.07, 6.45) is 7.26. The number of carbonyl (C=O) groups excluding carboxylic acids is 2. The number of rotatable bonds is 3. The number of aliphatic imine (C=N–C) groups is 1. The van der Waals surface area contributed by atoms with E-state index in [4.69, 9.17) is 16.6 Å². The SMILES string of the molecule is CN1C(=O)C(NC(=O)Nc2ccc(Cl)c(C(F)(F)F)c2)N=C(C2CCCCC2)C2C=CC=CC21. The predicted octanol–water partition coefficient (Wildman–Crippen LogP) is 5.41. The summed E-state index contributed by atoms with van der Waals surface area (Å²) in [5, 5.41) is 4.45. The minimum absolute atomic E-state index is 0.0810. The van der Waals surface area contributed by atoms with Crippen molar-refractivity contribution in [3.8, 4) is 0 Å². The second-order valence-electron chi connectivity index (χ2n) is 8.82. The number of anilines is 1. The molecule has 1 aromatic carbocycles. The molecule has 0 saturated heterocycles. The number of fused-ring (bicyclic) bond motifs is 1. The number of allylic oxidation sites excluding steroid dienone is 2. The molecule has 4 rings (SSSR count). The van der Waals surface area contributed by atoms with Gasteiger partial charge in [-0.2, -0.15) is 13.2 Å². The Hall–Kier alpha value is -2.81. The molecular weight excluding hydrogens is 469 g/mol. The van der Waals surface area contributed by atoms with Gasteiger partial charge in [0.25, 0.3) is 5.91 Å². The monoisotopic (exact) mass is 494 g/mol. The van der Waals surface area contributed by atoms with E-state index in [-0.39, 0.29) is 29.5 Å². The van der Waals surface area contributed by atoms with Crippen LogP contribution in [0.25, 0.3) is 0 Å². The number of benzene rings is 1. The fourth-order valence-electron chi connectivity index (χ4n) is 4.85. The third kappa shape index (κ3) is 5.14. The van der Waals surface area contributed by atoms with Crippen LogP contribution in [0.1, 0.15) is 37.7 Å². The molecule has 182 valence electrons. The molecule has 10 heteroatoms. The molecule has 1 fully saturated rings. The smallest absolute Gasteiger partial charge is 0.335 e. The van der Waals surface area contributed by atoms with Crippen LogP contribution in [0.5, 0.6) is 0 Å². The van der Waals surface area contributed by atoms with Crippen LogP contribution >= 0.6 is 11.6 Å². The zero-order valence-corrected chi connectivity index (χ0v) is 19.4. The van der Waals surface area contributed by atoms with Gasteiger partial charge < -0.3 is 15.5 Å². The lowest BCUT2D eigenvalue weighted by Gasteiger charge is -2.34. The number of urea groups is 1. The van der Waals surface area contributed by atoms with Gasteiger partial charge in [0.1, 0.15) is 0 Å². The molecule has 3 unspecified atom stereocenters. The minimum atomic E-state index is -4.66. The number of hydrogen-bond donors (Lipinski definition) is 2. The zero-order chi connectivity index (χ0) is 24.5. The van der Waals surface area contributed by atoms with Crippen molar-refractivity contribution >= 4 is 34.9 Å². The lowest BCUT2D eigenvalue weighted by molar-refractivity contribution is -0.137. The third-order valence-corrected chi connectivity index (χ3v) is 6.90. The molecule has 0 spiro atoms. The Kier molecular flexibility index (Phi) is 7.02. The molecule has 0 aromatic heterocycles. The lowest BCUT2D eigenvalue weighted by atomic mass is 9.77. The Morgan fingerprint density at radius 1 is 1.15 bits per heavy atom. The first-order valence-corrected chi connectivity index (χ1v) is 11.7. The molecule has 1 heterocycles. The van der Waals surface area contributed by atoms with Crippen molar-refractivity contribution in [2.75, 3.05) is 12.4 Å². The van der Waals surface area contributed by atoms with E-state index in [1.807, 2.05) is 24.3 Å². The highest BCUT2D eigenvalue weighted by Gasteiger charge is 2.40. The molecule has 1 aromatic rings. The molecular formula is C24H26ClF3N4O2. The first-order valence-electron chi connectivity index (χ1n) is 11.3. The number of hydrogen-bond acceptors (Lipinski definition) is 3. The van der Waals surface area contributed by atoms with Gasteiger partial charge >= 0.3 is 12.2 Å². The van der Waals surface area contributed by atoms with Crippen molar-refractivity contribution in [2.24, 2.45) is 16.8 Å². The predicted molar refractivity (Wildman–Crippen MR) is 125 cm³/mol. The van der Waals surface area contributed by atoms with Crippen LogP contribution in [0, 0.1) is 11.8 Å². The number of nitrogens with one attached hydrogen (secondary N) is 2. The number of nitrogens with zero attached hydrogens (tertiary/aromatic N) is 2. The van der Waals surface area contributed by atoms with Gasteiger partial charge in [-0.15, -0.1) is 0 Å². The molecule has 1 saturated carbocycles. The fourth-order valence-corrected chi connectivity index (χ4v) is 5.08. The second-order valence-corrected chi connectivity index (χ2v) is 9.22. The molecule has 6 nitrogen and oxygen atoms in total. The Morgan fingerprint density at radius 2 is 1.85 bits per heavy atom. The molecule has 0 radical (unpaired) electrons. The minimum Gasteiger partial charge on any atom is -0.335 e. The van der Waals surface area contributed by atoms with E-state index in [0.717, 1.165) is 49.9 Å². The molecule has 3 amide bonds. The molecule has 34 heavy (non-hydrogen) atoms. The van der Waals surface area contributed by atoms with Gasteiger partial charge in [0.2, 0.25) is 6.17 Å². The Bertz CT molecular complexity index is 1050. The highest BCUT2D eigenvalue weighted by atomic mass is 35.5. The fraction of sp³-hybridized carbons (Fsp3) is 0.458. The van der Waals surface area contributed by atoms with Crippen molar-refractivity contribution in [2.45, 2.75) is 50.5 Å². The number of alkyl halides is 3. The summed E-state index contributed by atoms with van der Waals surface area (Å²) < 4.78 is 39.5. The molecule has 3 aliphatic rings. The Balaban J connectivity index is 1.58. The maximum absolute atomic E-state index is 13.2. The zero-order valence-electron chi connectivity index (χ0n) is 18.6. The van der Waals surface area contributed by atoms with Crippen LogP contribution in [0.2, 0.25) is 5.02 Å². The van der Waals surface area contributed by atoms with Gasteiger partial charge in [-0.25, -0.2) is 4.79 Å². The van der Waals surface area contributed by atoms with Crippen molar-refractivity contribution in [1.29, 1.82) is 0 Å². The summed E-state index contributed by atoms with van der Waals surface area (Å²) >= 11 is 5.65. The summed E-state index contributed by atoms with van der Waals surface area (Å²) in [5.74, 6) is -0.250. The van der Waals surface area contributed by atoms with Gasteiger partial charge in [-0.3, -0.25) is 9.79 Å². The van der Waals surface area contributed by atoms with E-state index in [0.29, 0.717) is 0 Å². The van der Waals surface area contributed by atoms with E-state index in [1.54, 1.807) is 11.9 Å². The van der Waals surface area contributed by atoms with Crippen LogP contribution < -0.4 is 10.6 Å². The van der Waals surface area contributed by atoms with Crippen LogP contribution in [0.15, 0.2) is 47.5 Å². The maximum Gasteiger partial charge on any atom is 0.417 e. The van der Waals surface area contributed by atoms with Crippen molar-refractivity contribution in [1.82, 2.24) is 10.2 Å². The highest BCUT2D eigenvalue weighted by molar-refractivity contribution is 6.31. The van der Waals surface area contributed by atoms with Crippen LogP contribution in [0.3, 0.4) is 0 Å². The van der Waals surface area contributed by atoms with E-state index in [9.17, 15) is 22.8 Å². The number of carbonyl (C=O) groups is 2. The molecule has 2 N–H and O–H groups in total. The first-order chi connectivity index (χ1) is 16.1. The summed E-state index contributed by atoms with van der Waals surface area (Å²) in [4.78, 5) is 32.2. The summed E-state index contributed by atoms with van der Waals surface area (Å²) in [5.41, 5.74) is -0.267. The van der Waals surface area contributed by atoms with Gasteiger partial charge in [-0.1, -0.05) is 55.2 Å². The van der Waals surface area contributed by atoms with Crippen LogP contribution in [0.4, 0.5) is 23.7 Å². The topological polar surface area (TPSA) is 73.8 Å². The number of halogens is 4. The van der Waals surface area contributed by atoms with E-state index in [2.05, 4.69) is 10.6 Å². The van der Waals surface area contributed by atoms with Crippen LogP contribution in [-0.4, -0.2) is 41.8 Å². The van der Waals surface area contributed by atoms with Crippen molar-refractivity contribution in [3.63, 3.8) is 0 Å². The summed E-state index contributed by atoms with van der Waals surface area (Å²) in [7, 11) is 1.67. The molecule has 3 atom stereocenters. The summed E-state index contributed by atoms with van der Waals surface area (Å²) in [6.45, 7) is 0. The quantitative estimate of drug-likeness (QED) is 0.589. The van der Waals surface area contributed by atoms with Gasteiger partial charge in [0, 0.05) is 24.4 Å². The second kappa shape index (κ2) is 9.82. The standard InChI is InChI=1S/C24H26ClF3N4O2/c1-32-19-10-6-5-9-16(19)20(14-7-3-2-4-8-14)30-21(22(32)33)31-23(34)29-15-11-12-18(25)17(13-15)24(26,27)28/h5-6,9-14,16,19,21H,2-4,7-8H2,1H3,(H2,29,31,34). The molecule has 0 bridgehead atoms. The molecule has 2 aliphatic carbocycles. The highest BCUT2D eigenvalue weighted by Crippen LogP contribution is 2.36. The van der Waals surface area contributed by atoms with Gasteiger partial charge in [0.15, 0.2) is 0 Å². The first kappa shape index (κ1) is 24.3. The lowest BCUT2D eigenvalue weighted by Crippen LogP contribution is -2.49. The summed E-state index contributed by atoms with van der Waals surface area (Å²) in [6, 6.07) is 2.04. The van der Waals surface area contributed by atoms with Crippen molar-refractivity contribution < 1.29 is 22.8 Å². The third-order valence-electron chi connectivity index (χ3n) is 6.58. The number of likely N-dealkylation sites (N-methyl/N-ethyl adjacent to an activating group) is 1. The largest absolute Gasteiger partial charge is 0.417 e. The number of amides is 3. The van der Waals surface area contributed by atoms with Crippen molar-refractivity contribution in [3.05, 3.63) is 53.1 Å². The molecule has 1 aliphatic heterocycles. The van der Waals surface area contributed by atoms with Gasteiger partial charge in [-0.05, 0) is 37.0 Å². The Labute approximate surface area is 200 Å². The normalized spacial score (nSPS) is 25.4. The van der Waals surface area contributed by atoms with E-state index < -0.39 is 29.0 Å².